The zero-order valence-corrected chi connectivity index (χ0v) is 19.3. The fourth-order valence-electron chi connectivity index (χ4n) is 4.99. The van der Waals surface area contributed by atoms with Crippen LogP contribution in [0.25, 0.3) is 0 Å². The molecule has 1 N–H and O–H groups in total. The molecule has 1 amide bonds. The number of anilines is 1. The molecule has 1 aliphatic carbocycles. The van der Waals surface area contributed by atoms with E-state index in [0.29, 0.717) is 6.61 Å². The van der Waals surface area contributed by atoms with Crippen LogP contribution >= 0.6 is 0 Å². The van der Waals surface area contributed by atoms with Crippen LogP contribution in [-0.4, -0.2) is 42.0 Å². The largest absolute Gasteiger partial charge is 0.492 e. The lowest BCUT2D eigenvalue weighted by Gasteiger charge is -2.30. The number of nitro benzene ring substituents is 1. The van der Waals surface area contributed by atoms with Gasteiger partial charge in [0.05, 0.1) is 10.3 Å². The van der Waals surface area contributed by atoms with E-state index in [9.17, 15) is 14.9 Å². The van der Waals surface area contributed by atoms with Crippen molar-refractivity contribution in [3.63, 3.8) is 0 Å². The third-order valence-corrected chi connectivity index (χ3v) is 7.19. The van der Waals surface area contributed by atoms with Crippen molar-refractivity contribution in [1.29, 1.82) is 0 Å². The number of hydrogen-bond acceptors (Lipinski definition) is 5. The van der Waals surface area contributed by atoms with Crippen molar-refractivity contribution in [1.82, 2.24) is 4.90 Å². The van der Waals surface area contributed by atoms with Crippen LogP contribution < -0.4 is 10.1 Å². The van der Waals surface area contributed by atoms with Gasteiger partial charge in [-0.15, -0.1) is 0 Å². The number of carbonyl (C=O) groups is 1. The Balaban J connectivity index is 1.34. The van der Waals surface area contributed by atoms with Crippen molar-refractivity contribution in [2.45, 2.75) is 50.9 Å². The zero-order chi connectivity index (χ0) is 23.3. The first kappa shape index (κ1) is 23.2. The van der Waals surface area contributed by atoms with Crippen LogP contribution in [0.3, 0.4) is 0 Å². The molecule has 1 saturated heterocycles. The Bertz CT molecular complexity index is 945. The average Bonchev–Trinajstić information content (AvgIpc) is 3.33. The average molecular weight is 452 g/mol. The maximum atomic E-state index is 13.3. The van der Waals surface area contributed by atoms with Crippen LogP contribution in [0, 0.1) is 16.0 Å². The number of nitrogens with one attached hydrogen (secondary N) is 1. The fourth-order valence-corrected chi connectivity index (χ4v) is 4.99. The summed E-state index contributed by atoms with van der Waals surface area (Å²) >= 11 is 0. The topological polar surface area (TPSA) is 84.7 Å². The summed E-state index contributed by atoms with van der Waals surface area (Å²) in [5.41, 5.74) is 0.967. The number of hydrogen-bond donors (Lipinski definition) is 1. The Morgan fingerprint density at radius 1 is 1.09 bits per heavy atom. The highest BCUT2D eigenvalue weighted by molar-refractivity contribution is 5.99. The lowest BCUT2D eigenvalue weighted by atomic mass is 9.78. The molecule has 0 atom stereocenters. The Kier molecular flexibility index (Phi) is 7.28. The van der Waals surface area contributed by atoms with Crippen LogP contribution in [0.15, 0.2) is 48.5 Å². The summed E-state index contributed by atoms with van der Waals surface area (Å²) in [4.78, 5) is 26.4. The minimum absolute atomic E-state index is 0.0396. The number of rotatable bonds is 8. The van der Waals surface area contributed by atoms with E-state index in [1.165, 1.54) is 25.0 Å². The summed E-state index contributed by atoms with van der Waals surface area (Å²) in [6.45, 7) is 6.19. The van der Waals surface area contributed by atoms with Crippen molar-refractivity contribution in [3.05, 3.63) is 64.2 Å². The molecule has 2 fully saturated rings. The lowest BCUT2D eigenvalue weighted by Crippen LogP contribution is -2.38. The standard InChI is InChI=1S/C26H33N3O4/c1-20-12-16-28(17-13-20)18-19-33-24-10-6-22(7-11-24)27-25(30)26(14-2-3-15-26)21-4-8-23(9-5-21)29(31)32/h4-11,20H,2-3,12-19H2,1H3,(H,27,30). The Morgan fingerprint density at radius 3 is 2.33 bits per heavy atom. The molecule has 0 bridgehead atoms. The highest BCUT2D eigenvalue weighted by Gasteiger charge is 2.42. The minimum atomic E-state index is -0.643. The van der Waals surface area contributed by atoms with E-state index < -0.39 is 10.3 Å². The molecule has 0 unspecified atom stereocenters. The van der Waals surface area contributed by atoms with Gasteiger partial charge in [0.2, 0.25) is 5.91 Å². The molecule has 0 radical (unpaired) electrons. The molecule has 2 aromatic carbocycles. The second-order valence-corrected chi connectivity index (χ2v) is 9.44. The Hall–Kier alpha value is -2.93. The summed E-state index contributed by atoms with van der Waals surface area (Å²) < 4.78 is 5.91. The number of likely N-dealkylation sites (tertiary alicyclic amines) is 1. The zero-order valence-electron chi connectivity index (χ0n) is 19.3. The third-order valence-electron chi connectivity index (χ3n) is 7.19. The van der Waals surface area contributed by atoms with E-state index in [0.717, 1.165) is 68.2 Å². The van der Waals surface area contributed by atoms with E-state index in [1.807, 2.05) is 24.3 Å². The first-order valence-corrected chi connectivity index (χ1v) is 12.0. The van der Waals surface area contributed by atoms with Crippen molar-refractivity contribution < 1.29 is 14.5 Å². The molecule has 33 heavy (non-hydrogen) atoms. The smallest absolute Gasteiger partial charge is 0.269 e. The molecule has 176 valence electrons. The summed E-state index contributed by atoms with van der Waals surface area (Å²) in [6.07, 6.45) is 5.94. The number of piperidine rings is 1. The normalized spacial score (nSPS) is 18.7. The molecule has 0 aromatic heterocycles. The second kappa shape index (κ2) is 10.3. The maximum absolute atomic E-state index is 13.3. The van der Waals surface area contributed by atoms with Gasteiger partial charge in [0.25, 0.3) is 5.69 Å². The molecule has 2 aliphatic rings. The van der Waals surface area contributed by atoms with Crippen molar-refractivity contribution in [2.75, 3.05) is 31.6 Å². The van der Waals surface area contributed by atoms with Gasteiger partial charge in [-0.25, -0.2) is 0 Å². The van der Waals surface area contributed by atoms with Gasteiger partial charge in [-0.2, -0.15) is 0 Å². The number of non-ortho nitro benzene ring substituents is 1. The third kappa shape index (κ3) is 5.53. The highest BCUT2D eigenvalue weighted by atomic mass is 16.6. The first-order valence-electron chi connectivity index (χ1n) is 12.0. The summed E-state index contributed by atoms with van der Waals surface area (Å²) in [5, 5.41) is 14.1. The van der Waals surface area contributed by atoms with E-state index >= 15 is 0 Å². The van der Waals surface area contributed by atoms with Gasteiger partial charge < -0.3 is 10.1 Å². The van der Waals surface area contributed by atoms with Gasteiger partial charge in [0.1, 0.15) is 12.4 Å². The van der Waals surface area contributed by atoms with E-state index in [4.69, 9.17) is 4.74 Å². The minimum Gasteiger partial charge on any atom is -0.492 e. The van der Waals surface area contributed by atoms with E-state index in [1.54, 1.807) is 12.1 Å². The molecule has 4 rings (SSSR count). The number of carbonyl (C=O) groups excluding carboxylic acids is 1. The highest BCUT2D eigenvalue weighted by Crippen LogP contribution is 2.42. The van der Waals surface area contributed by atoms with Crippen molar-refractivity contribution >= 4 is 17.3 Å². The van der Waals surface area contributed by atoms with Gasteiger partial charge in [0.15, 0.2) is 0 Å². The van der Waals surface area contributed by atoms with Gasteiger partial charge in [-0.3, -0.25) is 19.8 Å². The molecule has 1 heterocycles. The second-order valence-electron chi connectivity index (χ2n) is 9.44. The number of amides is 1. The lowest BCUT2D eigenvalue weighted by molar-refractivity contribution is -0.384. The SMILES string of the molecule is CC1CCN(CCOc2ccc(NC(=O)C3(c4ccc([N+](=O)[O-])cc4)CCCC3)cc2)CC1. The molecule has 1 saturated carbocycles. The van der Waals surface area contributed by atoms with Gasteiger partial charge in [-0.1, -0.05) is 31.9 Å². The predicted octanol–water partition coefficient (Wildman–Crippen LogP) is 5.16. The van der Waals surface area contributed by atoms with Crippen molar-refractivity contribution in [3.8, 4) is 5.75 Å². The Labute approximate surface area is 195 Å². The molecular weight excluding hydrogens is 418 g/mol. The summed E-state index contributed by atoms with van der Waals surface area (Å²) in [7, 11) is 0. The van der Waals surface area contributed by atoms with Gasteiger partial charge in [-0.05, 0) is 74.5 Å². The Morgan fingerprint density at radius 2 is 1.73 bits per heavy atom. The molecule has 7 nitrogen and oxygen atoms in total. The van der Waals surface area contributed by atoms with E-state index in [-0.39, 0.29) is 11.6 Å². The number of nitrogens with zero attached hydrogens (tertiary/aromatic N) is 2. The summed E-state index contributed by atoms with van der Waals surface area (Å²) in [6, 6.07) is 13.9. The molecular formula is C26H33N3O4. The van der Waals surface area contributed by atoms with Gasteiger partial charge in [0, 0.05) is 24.4 Å². The van der Waals surface area contributed by atoms with Crippen LogP contribution in [0.1, 0.15) is 51.0 Å². The number of nitro groups is 1. The number of ether oxygens (including phenoxy) is 1. The quantitative estimate of drug-likeness (QED) is 0.443. The van der Waals surface area contributed by atoms with E-state index in [2.05, 4.69) is 17.1 Å². The van der Waals surface area contributed by atoms with Crippen LogP contribution in [-0.2, 0) is 10.2 Å². The van der Waals surface area contributed by atoms with Crippen LogP contribution in [0.4, 0.5) is 11.4 Å². The molecule has 2 aromatic rings. The van der Waals surface area contributed by atoms with Gasteiger partial charge >= 0.3 is 0 Å². The van der Waals surface area contributed by atoms with Crippen LogP contribution in [0.5, 0.6) is 5.75 Å². The maximum Gasteiger partial charge on any atom is 0.269 e. The van der Waals surface area contributed by atoms with Crippen molar-refractivity contribution in [2.24, 2.45) is 5.92 Å². The van der Waals surface area contributed by atoms with Crippen LogP contribution in [0.2, 0.25) is 0 Å². The fraction of sp³-hybridized carbons (Fsp3) is 0.500. The number of benzene rings is 2. The molecule has 7 heteroatoms. The predicted molar refractivity (Wildman–Crippen MR) is 129 cm³/mol. The monoisotopic (exact) mass is 451 g/mol. The first-order chi connectivity index (χ1) is 16.0. The molecule has 1 aliphatic heterocycles. The summed E-state index contributed by atoms with van der Waals surface area (Å²) in [5.74, 6) is 1.57. The molecule has 0 spiro atoms.